The van der Waals surface area contributed by atoms with Crippen molar-refractivity contribution in [3.05, 3.63) is 35.4 Å². The lowest BCUT2D eigenvalue weighted by atomic mass is 10.0. The zero-order valence-electron chi connectivity index (χ0n) is 13.8. The SMILES string of the molecule is CCOC(=O)C(C)C1C(C(=O)OCC)C1c1ccc(CO)cc1. The van der Waals surface area contributed by atoms with Gasteiger partial charge in [-0.25, -0.2) is 0 Å². The highest BCUT2D eigenvalue weighted by Crippen LogP contribution is 2.58. The fourth-order valence-corrected chi connectivity index (χ4v) is 3.20. The molecule has 1 fully saturated rings. The maximum Gasteiger partial charge on any atom is 0.309 e. The van der Waals surface area contributed by atoms with Crippen molar-refractivity contribution in [2.24, 2.45) is 17.8 Å². The molecule has 1 aromatic carbocycles. The Morgan fingerprint density at radius 2 is 1.74 bits per heavy atom. The van der Waals surface area contributed by atoms with Crippen LogP contribution in [-0.4, -0.2) is 30.3 Å². The van der Waals surface area contributed by atoms with E-state index in [-0.39, 0.29) is 42.2 Å². The van der Waals surface area contributed by atoms with E-state index in [1.807, 2.05) is 24.3 Å². The monoisotopic (exact) mass is 320 g/mol. The molecule has 4 unspecified atom stereocenters. The number of benzene rings is 1. The molecule has 0 spiro atoms. The molecule has 1 aliphatic rings. The van der Waals surface area contributed by atoms with E-state index in [0.29, 0.717) is 13.2 Å². The first kappa shape index (κ1) is 17.5. The van der Waals surface area contributed by atoms with E-state index < -0.39 is 0 Å². The van der Waals surface area contributed by atoms with Crippen LogP contribution < -0.4 is 0 Å². The van der Waals surface area contributed by atoms with Gasteiger partial charge in [-0.1, -0.05) is 31.2 Å². The third-order valence-corrected chi connectivity index (χ3v) is 4.42. The van der Waals surface area contributed by atoms with Crippen LogP contribution in [0.4, 0.5) is 0 Å². The summed E-state index contributed by atoms with van der Waals surface area (Å²) in [6, 6.07) is 7.48. The van der Waals surface area contributed by atoms with Crippen molar-refractivity contribution in [1.82, 2.24) is 0 Å². The Morgan fingerprint density at radius 1 is 1.13 bits per heavy atom. The van der Waals surface area contributed by atoms with Gasteiger partial charge in [0.15, 0.2) is 0 Å². The second-order valence-corrected chi connectivity index (χ2v) is 5.82. The summed E-state index contributed by atoms with van der Waals surface area (Å²) in [6.07, 6.45) is 0. The molecule has 5 nitrogen and oxygen atoms in total. The zero-order chi connectivity index (χ0) is 17.0. The molecule has 126 valence electrons. The molecule has 4 atom stereocenters. The summed E-state index contributed by atoms with van der Waals surface area (Å²) in [4.78, 5) is 24.2. The quantitative estimate of drug-likeness (QED) is 0.780. The van der Waals surface area contributed by atoms with Crippen molar-refractivity contribution >= 4 is 11.9 Å². The summed E-state index contributed by atoms with van der Waals surface area (Å²) < 4.78 is 10.2. The van der Waals surface area contributed by atoms with Crippen LogP contribution in [0.5, 0.6) is 0 Å². The van der Waals surface area contributed by atoms with Crippen molar-refractivity contribution in [1.29, 1.82) is 0 Å². The standard InChI is InChI=1S/C18H24O5/c1-4-22-17(20)11(3)14-15(16(14)18(21)23-5-2)13-8-6-12(10-19)7-9-13/h6-9,11,14-16,19H,4-5,10H2,1-3H3. The molecule has 0 aromatic heterocycles. The maximum atomic E-state index is 12.2. The van der Waals surface area contributed by atoms with Crippen molar-refractivity contribution < 1.29 is 24.2 Å². The number of carbonyl (C=O) groups is 2. The van der Waals surface area contributed by atoms with Gasteiger partial charge in [0.25, 0.3) is 0 Å². The number of aliphatic hydroxyl groups is 1. The zero-order valence-corrected chi connectivity index (χ0v) is 13.8. The molecule has 0 heterocycles. The summed E-state index contributed by atoms with van der Waals surface area (Å²) in [5.74, 6) is -1.35. The number of esters is 2. The normalized spacial score (nSPS) is 23.9. The van der Waals surface area contributed by atoms with E-state index >= 15 is 0 Å². The second-order valence-electron chi connectivity index (χ2n) is 5.82. The van der Waals surface area contributed by atoms with E-state index in [1.54, 1.807) is 20.8 Å². The predicted molar refractivity (Wildman–Crippen MR) is 84.5 cm³/mol. The molecular weight excluding hydrogens is 296 g/mol. The molecule has 2 rings (SSSR count). The van der Waals surface area contributed by atoms with Crippen LogP contribution in [0.15, 0.2) is 24.3 Å². The number of rotatable bonds is 7. The Balaban J connectivity index is 2.19. The molecule has 0 radical (unpaired) electrons. The van der Waals surface area contributed by atoms with Gasteiger partial charge in [0.1, 0.15) is 0 Å². The van der Waals surface area contributed by atoms with Gasteiger partial charge in [0.05, 0.1) is 31.7 Å². The van der Waals surface area contributed by atoms with Crippen LogP contribution in [0.25, 0.3) is 0 Å². The lowest BCUT2D eigenvalue weighted by molar-refractivity contribution is -0.149. The van der Waals surface area contributed by atoms with Crippen LogP contribution in [0.2, 0.25) is 0 Å². The van der Waals surface area contributed by atoms with Crippen LogP contribution in [0.1, 0.15) is 37.8 Å². The summed E-state index contributed by atoms with van der Waals surface area (Å²) in [7, 11) is 0. The van der Waals surface area contributed by atoms with Gasteiger partial charge in [-0.3, -0.25) is 9.59 Å². The summed E-state index contributed by atoms with van der Waals surface area (Å²) in [6.45, 7) is 5.98. The van der Waals surface area contributed by atoms with Crippen molar-refractivity contribution in [3.63, 3.8) is 0 Å². The first-order valence-corrected chi connectivity index (χ1v) is 8.08. The molecule has 0 amide bonds. The molecule has 0 bridgehead atoms. The van der Waals surface area contributed by atoms with Crippen LogP contribution in [-0.2, 0) is 25.7 Å². The lowest BCUT2D eigenvalue weighted by Gasteiger charge is -2.10. The molecule has 1 aromatic rings. The van der Waals surface area contributed by atoms with E-state index in [9.17, 15) is 9.59 Å². The van der Waals surface area contributed by atoms with Crippen molar-refractivity contribution in [3.8, 4) is 0 Å². The Kier molecular flexibility index (Phi) is 5.77. The molecule has 1 N–H and O–H groups in total. The van der Waals surface area contributed by atoms with Crippen LogP contribution in [0.3, 0.4) is 0 Å². The van der Waals surface area contributed by atoms with Gasteiger partial charge in [0, 0.05) is 5.92 Å². The number of ether oxygens (including phenoxy) is 2. The van der Waals surface area contributed by atoms with E-state index in [0.717, 1.165) is 11.1 Å². The van der Waals surface area contributed by atoms with Gasteiger partial charge in [-0.15, -0.1) is 0 Å². The average Bonchev–Trinajstić information content (AvgIpc) is 3.30. The molecule has 0 aliphatic heterocycles. The highest BCUT2D eigenvalue weighted by molar-refractivity contribution is 5.82. The van der Waals surface area contributed by atoms with Crippen LogP contribution >= 0.6 is 0 Å². The van der Waals surface area contributed by atoms with Crippen LogP contribution in [0, 0.1) is 17.8 Å². The number of hydrogen-bond donors (Lipinski definition) is 1. The Hall–Kier alpha value is -1.88. The minimum absolute atomic E-state index is 0.0189. The Morgan fingerprint density at radius 3 is 2.26 bits per heavy atom. The highest BCUT2D eigenvalue weighted by Gasteiger charge is 2.60. The smallest absolute Gasteiger partial charge is 0.309 e. The molecule has 1 aliphatic carbocycles. The number of carbonyl (C=O) groups excluding carboxylic acids is 2. The fourth-order valence-electron chi connectivity index (χ4n) is 3.20. The lowest BCUT2D eigenvalue weighted by Crippen LogP contribution is -2.19. The van der Waals surface area contributed by atoms with Gasteiger partial charge in [-0.2, -0.15) is 0 Å². The molecule has 23 heavy (non-hydrogen) atoms. The number of aliphatic hydroxyl groups excluding tert-OH is 1. The van der Waals surface area contributed by atoms with Gasteiger partial charge in [-0.05, 0) is 30.9 Å². The molecular formula is C18H24O5. The summed E-state index contributed by atoms with van der Waals surface area (Å²) in [5.41, 5.74) is 1.80. The van der Waals surface area contributed by atoms with Gasteiger partial charge in [0.2, 0.25) is 0 Å². The fraction of sp³-hybridized carbons (Fsp3) is 0.556. The number of hydrogen-bond acceptors (Lipinski definition) is 5. The van der Waals surface area contributed by atoms with E-state index in [2.05, 4.69) is 0 Å². The summed E-state index contributed by atoms with van der Waals surface area (Å²) in [5, 5.41) is 9.13. The van der Waals surface area contributed by atoms with Crippen molar-refractivity contribution in [2.45, 2.75) is 33.3 Å². The second kappa shape index (κ2) is 7.59. The minimum Gasteiger partial charge on any atom is -0.466 e. The van der Waals surface area contributed by atoms with Gasteiger partial charge < -0.3 is 14.6 Å². The largest absolute Gasteiger partial charge is 0.466 e. The maximum absolute atomic E-state index is 12.2. The predicted octanol–water partition coefficient (Wildman–Crippen LogP) is 2.27. The first-order chi connectivity index (χ1) is 11.0. The van der Waals surface area contributed by atoms with Gasteiger partial charge >= 0.3 is 11.9 Å². The molecule has 0 saturated heterocycles. The summed E-state index contributed by atoms with van der Waals surface area (Å²) >= 11 is 0. The Bertz CT molecular complexity index is 551. The third kappa shape index (κ3) is 3.72. The first-order valence-electron chi connectivity index (χ1n) is 8.08. The van der Waals surface area contributed by atoms with E-state index in [1.165, 1.54) is 0 Å². The molecule has 1 saturated carbocycles. The highest BCUT2D eigenvalue weighted by atomic mass is 16.5. The topological polar surface area (TPSA) is 72.8 Å². The Labute approximate surface area is 136 Å². The molecule has 5 heteroatoms. The average molecular weight is 320 g/mol. The van der Waals surface area contributed by atoms with Crippen molar-refractivity contribution in [2.75, 3.05) is 13.2 Å². The third-order valence-electron chi connectivity index (χ3n) is 4.42. The van der Waals surface area contributed by atoms with E-state index in [4.69, 9.17) is 14.6 Å². The minimum atomic E-state index is -0.355.